The number of halogens is 1. The number of benzene rings is 3. The van der Waals surface area contributed by atoms with Gasteiger partial charge in [-0.3, -0.25) is 19.5 Å². The Kier molecular flexibility index (Phi) is 7.32. The van der Waals surface area contributed by atoms with Crippen LogP contribution < -0.4 is 5.32 Å². The number of amides is 2. The van der Waals surface area contributed by atoms with Gasteiger partial charge >= 0.3 is 0 Å². The van der Waals surface area contributed by atoms with E-state index in [1.165, 1.54) is 0 Å². The van der Waals surface area contributed by atoms with Crippen molar-refractivity contribution in [3.8, 4) is 16.9 Å². The molecule has 0 saturated heterocycles. The first-order chi connectivity index (χ1) is 16.8. The third kappa shape index (κ3) is 5.78. The lowest BCUT2D eigenvalue weighted by molar-refractivity contribution is -0.117. The summed E-state index contributed by atoms with van der Waals surface area (Å²) >= 11 is 6.05. The first kappa shape index (κ1) is 24.2. The second kappa shape index (κ2) is 10.6. The molecule has 1 heterocycles. The average molecular weight is 487 g/mol. The molecule has 0 spiro atoms. The number of aryl methyl sites for hydroxylation is 1. The van der Waals surface area contributed by atoms with Gasteiger partial charge in [0.05, 0.1) is 5.69 Å². The van der Waals surface area contributed by atoms with Gasteiger partial charge in [-0.2, -0.15) is 0 Å². The van der Waals surface area contributed by atoms with E-state index in [0.29, 0.717) is 22.2 Å². The molecule has 6 nitrogen and oxygen atoms in total. The molecule has 2 amide bonds. The number of anilines is 1. The summed E-state index contributed by atoms with van der Waals surface area (Å²) in [5.74, 6) is -0.147. The Morgan fingerprint density at radius 2 is 1.71 bits per heavy atom. The summed E-state index contributed by atoms with van der Waals surface area (Å²) in [6, 6.07) is 24.1. The zero-order valence-electron chi connectivity index (χ0n) is 19.9. The fourth-order valence-electron chi connectivity index (χ4n) is 3.76. The number of nitrogens with zero attached hydrogens (tertiary/aromatic N) is 3. The number of rotatable bonds is 7. The van der Waals surface area contributed by atoms with Crippen LogP contribution in [0.15, 0.2) is 85.1 Å². The normalized spacial score (nSPS) is 10.9. The van der Waals surface area contributed by atoms with Gasteiger partial charge in [0.1, 0.15) is 6.54 Å². The van der Waals surface area contributed by atoms with Crippen LogP contribution in [0.5, 0.6) is 0 Å². The average Bonchev–Trinajstić information content (AvgIpc) is 3.26. The maximum atomic E-state index is 13.1. The summed E-state index contributed by atoms with van der Waals surface area (Å²) in [7, 11) is 0. The van der Waals surface area contributed by atoms with Gasteiger partial charge in [0.2, 0.25) is 11.9 Å². The van der Waals surface area contributed by atoms with E-state index in [-0.39, 0.29) is 24.4 Å². The van der Waals surface area contributed by atoms with Crippen LogP contribution in [0.25, 0.3) is 16.9 Å². The first-order valence-electron chi connectivity index (χ1n) is 11.4. The standard InChI is InChI=1S/C28H27ClN4O2/c1-19(2)32(27(35)22-9-5-4-6-10-22)18-26(34)31-28-30-25(21-12-14-23(29)15-13-21)17-33(28)24-11-7-8-20(3)16-24/h4-17,19H,18H2,1-3H3,(H,30,31,34). The summed E-state index contributed by atoms with van der Waals surface area (Å²) in [5.41, 5.74) is 4.06. The molecule has 4 rings (SSSR count). The molecule has 0 radical (unpaired) electrons. The number of aromatic nitrogens is 2. The minimum atomic E-state index is -0.329. The van der Waals surface area contributed by atoms with Crippen molar-refractivity contribution in [1.82, 2.24) is 14.5 Å². The second-order valence-corrected chi connectivity index (χ2v) is 9.04. The van der Waals surface area contributed by atoms with Crippen molar-refractivity contribution in [1.29, 1.82) is 0 Å². The van der Waals surface area contributed by atoms with Crippen LogP contribution in [0, 0.1) is 6.92 Å². The van der Waals surface area contributed by atoms with E-state index in [1.54, 1.807) is 29.2 Å². The van der Waals surface area contributed by atoms with E-state index in [4.69, 9.17) is 16.6 Å². The number of imidazole rings is 1. The number of hydrogen-bond donors (Lipinski definition) is 1. The summed E-state index contributed by atoms with van der Waals surface area (Å²) in [6.45, 7) is 5.69. The van der Waals surface area contributed by atoms with Gasteiger partial charge in [-0.15, -0.1) is 0 Å². The molecular formula is C28H27ClN4O2. The third-order valence-corrected chi connectivity index (χ3v) is 5.85. The zero-order chi connectivity index (χ0) is 24.9. The van der Waals surface area contributed by atoms with Gasteiger partial charge < -0.3 is 4.90 Å². The molecule has 0 unspecified atom stereocenters. The summed E-state index contributed by atoms with van der Waals surface area (Å²) in [5, 5.41) is 3.55. The highest BCUT2D eigenvalue weighted by Gasteiger charge is 2.23. The lowest BCUT2D eigenvalue weighted by atomic mass is 10.1. The Hall–Kier alpha value is -3.90. The van der Waals surface area contributed by atoms with Crippen molar-refractivity contribution >= 4 is 29.4 Å². The molecule has 4 aromatic rings. The van der Waals surface area contributed by atoms with E-state index in [1.807, 2.05) is 86.1 Å². The molecule has 0 bridgehead atoms. The van der Waals surface area contributed by atoms with E-state index < -0.39 is 0 Å². The highest BCUT2D eigenvalue weighted by Crippen LogP contribution is 2.26. The summed E-state index contributed by atoms with van der Waals surface area (Å²) in [6.07, 6.45) is 1.88. The SMILES string of the molecule is Cc1cccc(-n2cc(-c3ccc(Cl)cc3)nc2NC(=O)CN(C(=O)c2ccccc2)C(C)C)c1. The van der Waals surface area contributed by atoms with Crippen molar-refractivity contribution < 1.29 is 9.59 Å². The molecule has 1 N–H and O–H groups in total. The lowest BCUT2D eigenvalue weighted by Gasteiger charge is -2.26. The van der Waals surface area contributed by atoms with Crippen LogP contribution >= 0.6 is 11.6 Å². The molecular weight excluding hydrogens is 460 g/mol. The molecule has 0 atom stereocenters. The lowest BCUT2D eigenvalue weighted by Crippen LogP contribution is -2.42. The van der Waals surface area contributed by atoms with Gasteiger partial charge in [0.25, 0.3) is 5.91 Å². The van der Waals surface area contributed by atoms with Crippen molar-refractivity contribution in [3.05, 3.63) is 101 Å². The summed E-state index contributed by atoms with van der Waals surface area (Å²) in [4.78, 5) is 32.4. The maximum Gasteiger partial charge on any atom is 0.254 e. The Morgan fingerprint density at radius 1 is 1.00 bits per heavy atom. The van der Waals surface area contributed by atoms with Crippen LogP contribution in [-0.2, 0) is 4.79 Å². The van der Waals surface area contributed by atoms with Crippen LogP contribution in [0.2, 0.25) is 5.02 Å². The first-order valence-corrected chi connectivity index (χ1v) is 11.8. The topological polar surface area (TPSA) is 67.2 Å². The van der Waals surface area contributed by atoms with Gasteiger partial charge in [0.15, 0.2) is 0 Å². The predicted octanol–water partition coefficient (Wildman–Crippen LogP) is 5.99. The molecule has 35 heavy (non-hydrogen) atoms. The molecule has 7 heteroatoms. The molecule has 0 fully saturated rings. The minimum Gasteiger partial charge on any atom is -0.327 e. The highest BCUT2D eigenvalue weighted by molar-refractivity contribution is 6.30. The highest BCUT2D eigenvalue weighted by atomic mass is 35.5. The number of carbonyl (C=O) groups excluding carboxylic acids is 2. The molecule has 178 valence electrons. The molecule has 0 aliphatic rings. The van der Waals surface area contributed by atoms with Gasteiger partial charge in [-0.05, 0) is 62.7 Å². The number of hydrogen-bond acceptors (Lipinski definition) is 3. The van der Waals surface area contributed by atoms with Gasteiger partial charge in [-0.25, -0.2) is 4.98 Å². The van der Waals surface area contributed by atoms with Gasteiger partial charge in [0, 0.05) is 34.1 Å². The minimum absolute atomic E-state index is 0.0949. The Labute approximate surface area is 210 Å². The monoisotopic (exact) mass is 486 g/mol. The quantitative estimate of drug-likeness (QED) is 0.349. The zero-order valence-corrected chi connectivity index (χ0v) is 20.7. The number of carbonyl (C=O) groups is 2. The Morgan fingerprint density at radius 3 is 2.37 bits per heavy atom. The van der Waals surface area contributed by atoms with Crippen molar-refractivity contribution in [2.24, 2.45) is 0 Å². The Balaban J connectivity index is 1.63. The molecule has 3 aromatic carbocycles. The molecule has 0 aliphatic heterocycles. The number of nitrogens with one attached hydrogen (secondary N) is 1. The van der Waals surface area contributed by atoms with Gasteiger partial charge in [-0.1, -0.05) is 54.1 Å². The van der Waals surface area contributed by atoms with E-state index in [2.05, 4.69) is 5.32 Å². The van der Waals surface area contributed by atoms with Crippen LogP contribution in [0.3, 0.4) is 0 Å². The maximum absolute atomic E-state index is 13.1. The van der Waals surface area contributed by atoms with Crippen LogP contribution in [0.1, 0.15) is 29.8 Å². The summed E-state index contributed by atoms with van der Waals surface area (Å²) < 4.78 is 1.84. The molecule has 0 aliphatic carbocycles. The second-order valence-electron chi connectivity index (χ2n) is 8.61. The predicted molar refractivity (Wildman–Crippen MR) is 140 cm³/mol. The fourth-order valence-corrected chi connectivity index (χ4v) is 3.88. The van der Waals surface area contributed by atoms with E-state index in [0.717, 1.165) is 16.8 Å². The van der Waals surface area contributed by atoms with Crippen molar-refractivity contribution in [2.45, 2.75) is 26.8 Å². The van der Waals surface area contributed by atoms with Crippen molar-refractivity contribution in [2.75, 3.05) is 11.9 Å². The molecule has 0 saturated carbocycles. The largest absolute Gasteiger partial charge is 0.327 e. The Bertz CT molecular complexity index is 1330. The fraction of sp³-hybridized carbons (Fsp3) is 0.179. The van der Waals surface area contributed by atoms with Crippen LogP contribution in [-0.4, -0.2) is 38.9 Å². The van der Waals surface area contributed by atoms with E-state index in [9.17, 15) is 9.59 Å². The van der Waals surface area contributed by atoms with Crippen molar-refractivity contribution in [3.63, 3.8) is 0 Å². The molecule has 1 aromatic heterocycles. The van der Waals surface area contributed by atoms with Crippen LogP contribution in [0.4, 0.5) is 5.95 Å². The third-order valence-electron chi connectivity index (χ3n) is 5.60. The smallest absolute Gasteiger partial charge is 0.254 e. The van der Waals surface area contributed by atoms with E-state index >= 15 is 0 Å².